The number of benzene rings is 1. The highest BCUT2D eigenvalue weighted by molar-refractivity contribution is 5.26. The van der Waals surface area contributed by atoms with E-state index >= 15 is 0 Å². The van der Waals surface area contributed by atoms with Gasteiger partial charge in [-0.25, -0.2) is 22.0 Å². The summed E-state index contributed by atoms with van der Waals surface area (Å²) in [4.78, 5) is 0. The normalized spacial score (nSPS) is 17.6. The lowest BCUT2D eigenvalue weighted by Gasteiger charge is -2.11. The molecule has 6 heteroatoms. The molecule has 0 saturated heterocycles. The molecule has 1 aromatic carbocycles. The fraction of sp³-hybridized carbons (Fsp3) is 0.400. The molecule has 0 heterocycles. The Morgan fingerprint density at radius 2 is 1.19 bits per heavy atom. The molecule has 0 amide bonds. The van der Waals surface area contributed by atoms with Gasteiger partial charge in [-0.15, -0.1) is 0 Å². The predicted molar refractivity (Wildman–Crippen MR) is 44.1 cm³/mol. The fourth-order valence-corrected chi connectivity index (χ4v) is 1.46. The molecular weight excluding hydrogens is 231 g/mol. The maximum Gasteiger partial charge on any atom is 0.200 e. The zero-order chi connectivity index (χ0) is 12.1. The minimum atomic E-state index is -2.18. The van der Waals surface area contributed by atoms with Gasteiger partial charge < -0.3 is 5.11 Å². The largest absolute Gasteiger partial charge is 0.390 e. The van der Waals surface area contributed by atoms with Crippen LogP contribution in [0.2, 0.25) is 0 Å². The Bertz CT molecular complexity index is 424. The van der Waals surface area contributed by atoms with Gasteiger partial charge >= 0.3 is 0 Å². The van der Waals surface area contributed by atoms with Gasteiger partial charge in [0.2, 0.25) is 5.82 Å². The van der Waals surface area contributed by atoms with E-state index in [4.69, 9.17) is 0 Å². The van der Waals surface area contributed by atoms with Crippen LogP contribution in [0, 0.1) is 29.1 Å². The first-order valence-corrected chi connectivity index (χ1v) is 4.58. The zero-order valence-corrected chi connectivity index (χ0v) is 7.96. The molecular formula is C10H7F5O. The van der Waals surface area contributed by atoms with Crippen LogP contribution in [0.15, 0.2) is 0 Å². The first kappa shape index (κ1) is 11.3. The molecule has 0 spiro atoms. The first-order valence-electron chi connectivity index (χ1n) is 4.58. The lowest BCUT2D eigenvalue weighted by Crippen LogP contribution is -2.16. The van der Waals surface area contributed by atoms with Gasteiger partial charge in [0.25, 0.3) is 0 Å². The second kappa shape index (κ2) is 3.41. The number of halogens is 5. The van der Waals surface area contributed by atoms with Crippen LogP contribution >= 0.6 is 0 Å². The van der Waals surface area contributed by atoms with Crippen molar-refractivity contribution in [2.24, 2.45) is 0 Å². The van der Waals surface area contributed by atoms with Crippen molar-refractivity contribution in [1.29, 1.82) is 0 Å². The standard InChI is InChI=1S/C10H7F5O/c11-5-4(3-10(16)1-2-10)6(12)8(14)9(15)7(5)13/h16H,1-3H2. The molecule has 16 heavy (non-hydrogen) atoms. The van der Waals surface area contributed by atoms with Crippen molar-refractivity contribution < 1.29 is 27.1 Å². The van der Waals surface area contributed by atoms with E-state index in [9.17, 15) is 27.1 Å². The highest BCUT2D eigenvalue weighted by Gasteiger charge is 2.42. The summed E-state index contributed by atoms with van der Waals surface area (Å²) in [6.45, 7) is 0. The molecule has 1 aliphatic carbocycles. The smallest absolute Gasteiger partial charge is 0.200 e. The molecule has 0 aliphatic heterocycles. The summed E-state index contributed by atoms with van der Waals surface area (Å²) >= 11 is 0. The monoisotopic (exact) mass is 238 g/mol. The van der Waals surface area contributed by atoms with Crippen molar-refractivity contribution in [1.82, 2.24) is 0 Å². The summed E-state index contributed by atoms with van der Waals surface area (Å²) in [6.07, 6.45) is 0.0395. The quantitative estimate of drug-likeness (QED) is 0.476. The van der Waals surface area contributed by atoms with Crippen molar-refractivity contribution in [2.45, 2.75) is 24.9 Å². The fourth-order valence-electron chi connectivity index (χ4n) is 1.46. The van der Waals surface area contributed by atoms with Gasteiger partial charge in [-0.2, -0.15) is 0 Å². The van der Waals surface area contributed by atoms with E-state index in [1.165, 1.54) is 0 Å². The minimum absolute atomic E-state index is 0.298. The topological polar surface area (TPSA) is 20.2 Å². The molecule has 0 bridgehead atoms. The van der Waals surface area contributed by atoms with Gasteiger partial charge in [-0.05, 0) is 12.8 Å². The van der Waals surface area contributed by atoms with Crippen LogP contribution in [0.3, 0.4) is 0 Å². The van der Waals surface area contributed by atoms with Crippen LogP contribution in [0.1, 0.15) is 18.4 Å². The number of aliphatic hydroxyl groups is 1. The van der Waals surface area contributed by atoms with E-state index in [0.717, 1.165) is 0 Å². The van der Waals surface area contributed by atoms with Crippen LogP contribution < -0.4 is 0 Å². The van der Waals surface area contributed by atoms with E-state index in [-0.39, 0.29) is 0 Å². The summed E-state index contributed by atoms with van der Waals surface area (Å²) < 4.78 is 64.4. The summed E-state index contributed by atoms with van der Waals surface area (Å²) in [6, 6.07) is 0. The molecule has 2 rings (SSSR count). The van der Waals surface area contributed by atoms with E-state index in [1.807, 2.05) is 0 Å². The molecule has 0 atom stereocenters. The highest BCUT2D eigenvalue weighted by Crippen LogP contribution is 2.40. The Labute approximate surface area is 87.5 Å². The predicted octanol–water partition coefficient (Wildman–Crippen LogP) is 2.45. The van der Waals surface area contributed by atoms with Crippen molar-refractivity contribution in [3.63, 3.8) is 0 Å². The molecule has 88 valence electrons. The SMILES string of the molecule is OC1(Cc2c(F)c(F)c(F)c(F)c2F)CC1. The molecule has 1 aromatic rings. The van der Waals surface area contributed by atoms with Gasteiger partial charge in [0, 0.05) is 12.0 Å². The molecule has 0 unspecified atom stereocenters. The van der Waals surface area contributed by atoms with Crippen molar-refractivity contribution in [3.8, 4) is 0 Å². The van der Waals surface area contributed by atoms with Crippen LogP contribution in [-0.4, -0.2) is 10.7 Å². The second-order valence-corrected chi connectivity index (χ2v) is 3.95. The third-order valence-electron chi connectivity index (χ3n) is 2.63. The van der Waals surface area contributed by atoms with Gasteiger partial charge in [0.05, 0.1) is 5.60 Å². The highest BCUT2D eigenvalue weighted by atomic mass is 19.2. The Morgan fingerprint density at radius 3 is 1.56 bits per heavy atom. The zero-order valence-electron chi connectivity index (χ0n) is 7.96. The third-order valence-corrected chi connectivity index (χ3v) is 2.63. The molecule has 1 fully saturated rings. The number of hydrogen-bond donors (Lipinski definition) is 1. The minimum Gasteiger partial charge on any atom is -0.390 e. The second-order valence-electron chi connectivity index (χ2n) is 3.95. The molecule has 0 radical (unpaired) electrons. The number of hydrogen-bond acceptors (Lipinski definition) is 1. The summed E-state index contributed by atoms with van der Waals surface area (Å²) in [5, 5.41) is 9.41. The number of rotatable bonds is 2. The van der Waals surface area contributed by atoms with Gasteiger partial charge in [0.1, 0.15) is 0 Å². The van der Waals surface area contributed by atoms with Crippen LogP contribution in [0.4, 0.5) is 22.0 Å². The Balaban J connectivity index is 2.51. The Hall–Kier alpha value is -1.17. The summed E-state index contributed by atoms with van der Waals surface area (Å²) in [5.74, 6) is -9.86. The van der Waals surface area contributed by atoms with Gasteiger partial charge in [0.15, 0.2) is 23.3 Å². The van der Waals surface area contributed by atoms with Gasteiger partial charge in [-0.1, -0.05) is 0 Å². The van der Waals surface area contributed by atoms with Crippen LogP contribution in [0.25, 0.3) is 0 Å². The molecule has 0 aromatic heterocycles. The van der Waals surface area contributed by atoms with Crippen LogP contribution in [0.5, 0.6) is 0 Å². The van der Waals surface area contributed by atoms with E-state index in [2.05, 4.69) is 0 Å². The van der Waals surface area contributed by atoms with Crippen molar-refractivity contribution in [2.75, 3.05) is 0 Å². The molecule has 1 nitrogen and oxygen atoms in total. The van der Waals surface area contributed by atoms with E-state index in [1.54, 1.807) is 0 Å². The van der Waals surface area contributed by atoms with Crippen LogP contribution in [-0.2, 0) is 6.42 Å². The third kappa shape index (κ3) is 1.67. The maximum atomic E-state index is 13.1. The summed E-state index contributed by atoms with van der Waals surface area (Å²) in [5.41, 5.74) is -2.27. The molecule has 1 aliphatic rings. The van der Waals surface area contributed by atoms with Gasteiger partial charge in [-0.3, -0.25) is 0 Å². The molecule has 1 N–H and O–H groups in total. The summed E-state index contributed by atoms with van der Waals surface area (Å²) in [7, 11) is 0. The van der Waals surface area contributed by atoms with E-state index < -0.39 is 46.7 Å². The van der Waals surface area contributed by atoms with Crippen molar-refractivity contribution in [3.05, 3.63) is 34.6 Å². The first-order chi connectivity index (χ1) is 7.36. The maximum absolute atomic E-state index is 13.1. The lowest BCUT2D eigenvalue weighted by atomic mass is 10.0. The Kier molecular flexibility index (Phi) is 2.41. The van der Waals surface area contributed by atoms with E-state index in [0.29, 0.717) is 12.8 Å². The molecule has 1 saturated carbocycles. The lowest BCUT2D eigenvalue weighted by molar-refractivity contribution is 0.147. The van der Waals surface area contributed by atoms with Crippen molar-refractivity contribution >= 4 is 0 Å². The Morgan fingerprint density at radius 1 is 0.812 bits per heavy atom. The average Bonchev–Trinajstić information content (AvgIpc) is 2.98. The average molecular weight is 238 g/mol.